The molecule has 0 saturated heterocycles. The van der Waals surface area contributed by atoms with Crippen LogP contribution in [0.15, 0.2) is 40.9 Å². The predicted octanol–water partition coefficient (Wildman–Crippen LogP) is 4.49. The molecule has 2 aromatic carbocycles. The van der Waals surface area contributed by atoms with Crippen LogP contribution < -0.4 is 4.74 Å². The van der Waals surface area contributed by atoms with E-state index < -0.39 is 10.7 Å². The number of carbonyl (C=O) groups excluding carboxylic acids is 1. The highest BCUT2D eigenvalue weighted by atomic mass is 79.9. The SMILES string of the molecule is CC(=O)c1ccc(Oc2cc(F)ccc2[N+](=O)[O-])cc1Br. The lowest BCUT2D eigenvalue weighted by Gasteiger charge is -2.08. The van der Waals surface area contributed by atoms with Gasteiger partial charge in [0.2, 0.25) is 5.75 Å². The third kappa shape index (κ3) is 3.43. The molecule has 0 N–H and O–H groups in total. The van der Waals surface area contributed by atoms with Gasteiger partial charge >= 0.3 is 5.69 Å². The first-order valence-electron chi connectivity index (χ1n) is 5.81. The molecule has 2 aromatic rings. The van der Waals surface area contributed by atoms with E-state index in [0.29, 0.717) is 10.0 Å². The molecule has 0 spiro atoms. The molecule has 0 unspecified atom stereocenters. The van der Waals surface area contributed by atoms with Crippen LogP contribution >= 0.6 is 15.9 Å². The summed E-state index contributed by atoms with van der Waals surface area (Å²) in [4.78, 5) is 21.5. The van der Waals surface area contributed by atoms with Gasteiger partial charge in [-0.25, -0.2) is 4.39 Å². The summed E-state index contributed by atoms with van der Waals surface area (Å²) < 4.78 is 19.0. The molecule has 0 aliphatic heterocycles. The minimum atomic E-state index is -0.659. The van der Waals surface area contributed by atoms with Gasteiger partial charge in [-0.15, -0.1) is 0 Å². The molecule has 0 radical (unpaired) electrons. The molecule has 0 amide bonds. The zero-order valence-corrected chi connectivity index (χ0v) is 12.4. The van der Waals surface area contributed by atoms with E-state index >= 15 is 0 Å². The third-order valence-electron chi connectivity index (χ3n) is 2.67. The summed E-state index contributed by atoms with van der Waals surface area (Å²) in [6.07, 6.45) is 0. The summed E-state index contributed by atoms with van der Waals surface area (Å²) in [5.41, 5.74) is 0.110. The smallest absolute Gasteiger partial charge is 0.311 e. The van der Waals surface area contributed by atoms with E-state index in [-0.39, 0.29) is 23.0 Å². The molecule has 0 aromatic heterocycles. The number of hydrogen-bond donors (Lipinski definition) is 0. The number of nitro groups is 1. The number of benzene rings is 2. The monoisotopic (exact) mass is 353 g/mol. The molecule has 0 aliphatic carbocycles. The number of nitrogens with zero attached hydrogens (tertiary/aromatic N) is 1. The number of rotatable bonds is 4. The molecule has 0 fully saturated rings. The van der Waals surface area contributed by atoms with Gasteiger partial charge in [0.05, 0.1) is 4.92 Å². The molecule has 2 rings (SSSR count). The molecule has 7 heteroatoms. The Morgan fingerprint density at radius 1 is 1.29 bits per heavy atom. The highest BCUT2D eigenvalue weighted by molar-refractivity contribution is 9.10. The van der Waals surface area contributed by atoms with E-state index in [0.717, 1.165) is 18.2 Å². The summed E-state index contributed by atoms with van der Waals surface area (Å²) in [6, 6.07) is 7.45. The predicted molar refractivity (Wildman–Crippen MR) is 77.3 cm³/mol. The van der Waals surface area contributed by atoms with Crippen LogP contribution in [0.4, 0.5) is 10.1 Å². The van der Waals surface area contributed by atoms with Crippen molar-refractivity contribution in [3.63, 3.8) is 0 Å². The summed E-state index contributed by atoms with van der Waals surface area (Å²) in [5, 5.41) is 10.9. The molecular formula is C14H9BrFNO4. The number of nitro benzene ring substituents is 1. The Morgan fingerprint density at radius 2 is 2.00 bits per heavy atom. The van der Waals surface area contributed by atoms with Crippen molar-refractivity contribution in [3.05, 3.63) is 62.4 Å². The topological polar surface area (TPSA) is 69.4 Å². The molecule has 0 aliphatic rings. The molecule has 0 heterocycles. The zero-order valence-electron chi connectivity index (χ0n) is 10.8. The average molecular weight is 354 g/mol. The van der Waals surface area contributed by atoms with Crippen LogP contribution in [0.2, 0.25) is 0 Å². The number of carbonyl (C=O) groups is 1. The van der Waals surface area contributed by atoms with Crippen LogP contribution in [0.3, 0.4) is 0 Å². The fourth-order valence-electron chi connectivity index (χ4n) is 1.69. The summed E-state index contributed by atoms with van der Waals surface area (Å²) >= 11 is 3.21. The average Bonchev–Trinajstić information content (AvgIpc) is 2.37. The van der Waals surface area contributed by atoms with Gasteiger partial charge in [0.25, 0.3) is 0 Å². The fraction of sp³-hybridized carbons (Fsp3) is 0.0714. The number of ketones is 1. The maximum Gasteiger partial charge on any atom is 0.311 e. The Morgan fingerprint density at radius 3 is 2.57 bits per heavy atom. The van der Waals surface area contributed by atoms with Crippen molar-refractivity contribution in [1.82, 2.24) is 0 Å². The minimum Gasteiger partial charge on any atom is -0.450 e. The van der Waals surface area contributed by atoms with Gasteiger partial charge in [0.1, 0.15) is 11.6 Å². The van der Waals surface area contributed by atoms with Crippen LogP contribution in [0.1, 0.15) is 17.3 Å². The Hall–Kier alpha value is -2.28. The van der Waals surface area contributed by atoms with Crippen molar-refractivity contribution >= 4 is 27.4 Å². The second kappa shape index (κ2) is 6.01. The quantitative estimate of drug-likeness (QED) is 0.461. The largest absolute Gasteiger partial charge is 0.450 e. The van der Waals surface area contributed by atoms with Crippen molar-refractivity contribution in [2.45, 2.75) is 6.92 Å². The van der Waals surface area contributed by atoms with Gasteiger partial charge in [-0.05, 0) is 47.1 Å². The van der Waals surface area contributed by atoms with Crippen molar-refractivity contribution in [1.29, 1.82) is 0 Å². The molecular weight excluding hydrogens is 345 g/mol. The van der Waals surface area contributed by atoms with Gasteiger partial charge in [-0.2, -0.15) is 0 Å². The van der Waals surface area contributed by atoms with Crippen molar-refractivity contribution in [2.24, 2.45) is 0 Å². The maximum atomic E-state index is 13.2. The van der Waals surface area contributed by atoms with Crippen LogP contribution in [0.25, 0.3) is 0 Å². The first kappa shape index (κ1) is 15.1. The highest BCUT2D eigenvalue weighted by Crippen LogP contribution is 2.33. The number of Topliss-reactive ketones (excluding diaryl/α,β-unsaturated/α-hetero) is 1. The number of hydrogen-bond acceptors (Lipinski definition) is 4. The van der Waals surface area contributed by atoms with E-state index in [1.165, 1.54) is 25.1 Å². The van der Waals surface area contributed by atoms with Gasteiger partial charge in [0, 0.05) is 22.2 Å². The first-order chi connectivity index (χ1) is 9.88. The van der Waals surface area contributed by atoms with Crippen LogP contribution in [-0.2, 0) is 0 Å². The van der Waals surface area contributed by atoms with Gasteiger partial charge in [-0.3, -0.25) is 14.9 Å². The maximum absolute atomic E-state index is 13.2. The Bertz CT molecular complexity index is 733. The normalized spacial score (nSPS) is 10.2. The molecule has 5 nitrogen and oxygen atoms in total. The standard InChI is InChI=1S/C14H9BrFNO4/c1-8(18)11-4-3-10(7-12(11)15)21-14-6-9(16)2-5-13(14)17(19)20/h2-7H,1H3. The zero-order chi connectivity index (χ0) is 15.6. The van der Waals surface area contributed by atoms with Gasteiger partial charge in [0.15, 0.2) is 5.78 Å². The highest BCUT2D eigenvalue weighted by Gasteiger charge is 2.17. The van der Waals surface area contributed by atoms with E-state index in [1.54, 1.807) is 0 Å². The van der Waals surface area contributed by atoms with Gasteiger partial charge < -0.3 is 4.74 Å². The molecule has 21 heavy (non-hydrogen) atoms. The first-order valence-corrected chi connectivity index (χ1v) is 6.60. The van der Waals surface area contributed by atoms with E-state index in [1.807, 2.05) is 0 Å². The van der Waals surface area contributed by atoms with E-state index in [2.05, 4.69) is 15.9 Å². The fourth-order valence-corrected chi connectivity index (χ4v) is 2.33. The van der Waals surface area contributed by atoms with Crippen LogP contribution in [-0.4, -0.2) is 10.7 Å². The molecule has 108 valence electrons. The summed E-state index contributed by atoms with van der Waals surface area (Å²) in [5.74, 6) is -0.733. The van der Waals surface area contributed by atoms with Crippen LogP contribution in [0, 0.1) is 15.9 Å². The van der Waals surface area contributed by atoms with Crippen LogP contribution in [0.5, 0.6) is 11.5 Å². The van der Waals surface area contributed by atoms with Crippen molar-refractivity contribution in [2.75, 3.05) is 0 Å². The Labute approximate surface area is 127 Å². The molecule has 0 saturated carbocycles. The van der Waals surface area contributed by atoms with Crippen molar-refractivity contribution in [3.8, 4) is 11.5 Å². The second-order valence-corrected chi connectivity index (χ2v) is 5.02. The van der Waals surface area contributed by atoms with Crippen molar-refractivity contribution < 1.29 is 18.8 Å². The lowest BCUT2D eigenvalue weighted by molar-refractivity contribution is -0.385. The summed E-state index contributed by atoms with van der Waals surface area (Å²) in [6.45, 7) is 1.41. The summed E-state index contributed by atoms with van der Waals surface area (Å²) in [7, 11) is 0. The van der Waals surface area contributed by atoms with E-state index in [4.69, 9.17) is 4.74 Å². The Kier molecular flexibility index (Phi) is 4.32. The lowest BCUT2D eigenvalue weighted by Crippen LogP contribution is -1.96. The van der Waals surface area contributed by atoms with Gasteiger partial charge in [-0.1, -0.05) is 0 Å². The van der Waals surface area contributed by atoms with E-state index in [9.17, 15) is 19.3 Å². The second-order valence-electron chi connectivity index (χ2n) is 4.17. The number of ether oxygens (including phenoxy) is 1. The number of halogens is 2. The molecule has 0 bridgehead atoms. The minimum absolute atomic E-state index is 0.134. The lowest BCUT2D eigenvalue weighted by atomic mass is 10.1. The molecule has 0 atom stereocenters. The third-order valence-corrected chi connectivity index (χ3v) is 3.32. The Balaban J connectivity index is 2.38.